The highest BCUT2D eigenvalue weighted by atomic mass is 35.5. The number of aliphatic hydroxyl groups is 1. The van der Waals surface area contributed by atoms with Crippen molar-refractivity contribution in [2.45, 2.75) is 35.9 Å². The quantitative estimate of drug-likeness (QED) is 0.0482. The highest BCUT2D eigenvalue weighted by Gasteiger charge is 2.48. The molecule has 1 N–H and O–H groups in total. The second kappa shape index (κ2) is 13.3. The predicted octanol–water partition coefficient (Wildman–Crippen LogP) is 7.06. The van der Waals surface area contributed by atoms with Crippen LogP contribution in [0.15, 0.2) is 76.6 Å². The summed E-state index contributed by atoms with van der Waals surface area (Å²) in [5, 5.41) is 21.1. The SMILES string of the molecule is CCCCOc1cccc([C@H]2C(=C(O)c3ccc4c(c3)OCCO4)C(=O)C(=O)N2c2nnc(SCc3ccc(Cl)cc3)s2)c1. The van der Waals surface area contributed by atoms with E-state index in [1.807, 2.05) is 30.3 Å². The molecule has 44 heavy (non-hydrogen) atoms. The van der Waals surface area contributed by atoms with Gasteiger partial charge in [-0.2, -0.15) is 0 Å². The molecule has 9 nitrogen and oxygen atoms in total. The number of amides is 1. The number of aromatic nitrogens is 2. The van der Waals surface area contributed by atoms with Crippen LogP contribution in [0, 0.1) is 0 Å². The molecule has 3 heterocycles. The molecule has 0 spiro atoms. The van der Waals surface area contributed by atoms with Gasteiger partial charge in [0.2, 0.25) is 5.13 Å². The van der Waals surface area contributed by atoms with Gasteiger partial charge in [0, 0.05) is 16.3 Å². The van der Waals surface area contributed by atoms with E-state index in [-0.39, 0.29) is 16.5 Å². The average molecular weight is 650 g/mol. The van der Waals surface area contributed by atoms with Crippen molar-refractivity contribution in [1.82, 2.24) is 10.2 Å². The van der Waals surface area contributed by atoms with Crippen LogP contribution in [0.3, 0.4) is 0 Å². The minimum absolute atomic E-state index is 0.0667. The highest BCUT2D eigenvalue weighted by Crippen LogP contribution is 2.45. The molecule has 3 aromatic carbocycles. The van der Waals surface area contributed by atoms with E-state index in [4.69, 9.17) is 25.8 Å². The lowest BCUT2D eigenvalue weighted by Gasteiger charge is -2.23. The second-order valence-electron chi connectivity index (χ2n) is 10.1. The van der Waals surface area contributed by atoms with Gasteiger partial charge in [-0.05, 0) is 60.0 Å². The van der Waals surface area contributed by atoms with Gasteiger partial charge in [0.25, 0.3) is 5.78 Å². The van der Waals surface area contributed by atoms with Crippen LogP contribution < -0.4 is 19.1 Å². The lowest BCUT2D eigenvalue weighted by molar-refractivity contribution is -0.132. The number of carbonyl (C=O) groups excluding carboxylic acids is 2. The van der Waals surface area contributed by atoms with Crippen LogP contribution in [0.4, 0.5) is 5.13 Å². The maximum Gasteiger partial charge on any atom is 0.301 e. The third kappa shape index (κ3) is 6.26. The van der Waals surface area contributed by atoms with Crippen molar-refractivity contribution in [3.05, 3.63) is 94.0 Å². The van der Waals surface area contributed by atoms with Crippen molar-refractivity contribution in [1.29, 1.82) is 0 Å². The summed E-state index contributed by atoms with van der Waals surface area (Å²) in [5.74, 6) is 0.240. The molecule has 0 bridgehead atoms. The molecule has 12 heteroatoms. The summed E-state index contributed by atoms with van der Waals surface area (Å²) in [7, 11) is 0. The van der Waals surface area contributed by atoms with E-state index in [2.05, 4.69) is 17.1 Å². The largest absolute Gasteiger partial charge is 0.507 e. The third-order valence-electron chi connectivity index (χ3n) is 7.08. The number of thioether (sulfide) groups is 1. The lowest BCUT2D eigenvalue weighted by atomic mass is 9.95. The summed E-state index contributed by atoms with van der Waals surface area (Å²) in [6.45, 7) is 3.39. The van der Waals surface area contributed by atoms with Crippen molar-refractivity contribution >= 4 is 57.3 Å². The van der Waals surface area contributed by atoms with Gasteiger partial charge < -0.3 is 19.3 Å². The zero-order valence-corrected chi connectivity index (χ0v) is 26.1. The van der Waals surface area contributed by atoms with Crippen LogP contribution in [0.2, 0.25) is 5.02 Å². The minimum Gasteiger partial charge on any atom is -0.507 e. The Bertz CT molecular complexity index is 1730. The lowest BCUT2D eigenvalue weighted by Crippen LogP contribution is -2.29. The summed E-state index contributed by atoms with van der Waals surface area (Å²) in [6, 6.07) is 18.7. The minimum atomic E-state index is -0.972. The molecule has 1 amide bonds. The van der Waals surface area contributed by atoms with E-state index in [1.165, 1.54) is 28.0 Å². The summed E-state index contributed by atoms with van der Waals surface area (Å²) in [6.07, 6.45) is 1.86. The molecule has 1 atom stereocenters. The summed E-state index contributed by atoms with van der Waals surface area (Å²) >= 11 is 8.67. The van der Waals surface area contributed by atoms with Crippen LogP contribution in [0.5, 0.6) is 17.2 Å². The Labute approximate surface area is 267 Å². The highest BCUT2D eigenvalue weighted by molar-refractivity contribution is 8.00. The van der Waals surface area contributed by atoms with E-state index >= 15 is 0 Å². The fourth-order valence-corrected chi connectivity index (χ4v) is 6.83. The molecule has 226 valence electrons. The van der Waals surface area contributed by atoms with Gasteiger partial charge >= 0.3 is 5.91 Å². The fourth-order valence-electron chi connectivity index (χ4n) is 4.88. The van der Waals surface area contributed by atoms with Crippen LogP contribution in [-0.4, -0.2) is 46.8 Å². The molecule has 2 aliphatic rings. The summed E-state index contributed by atoms with van der Waals surface area (Å²) in [5.41, 5.74) is 1.89. The number of aliphatic hydroxyl groups excluding tert-OH is 1. The van der Waals surface area contributed by atoms with Crippen molar-refractivity contribution in [3.63, 3.8) is 0 Å². The Morgan fingerprint density at radius 2 is 1.86 bits per heavy atom. The number of fused-ring (bicyclic) bond motifs is 1. The Hall–Kier alpha value is -4.06. The van der Waals surface area contributed by atoms with Gasteiger partial charge in [-0.15, -0.1) is 10.2 Å². The Morgan fingerprint density at radius 1 is 1.07 bits per heavy atom. The molecule has 0 radical (unpaired) electrons. The number of nitrogens with zero attached hydrogens (tertiary/aromatic N) is 3. The van der Waals surface area contributed by atoms with E-state index in [0.29, 0.717) is 63.3 Å². The molecule has 1 saturated heterocycles. The first-order valence-corrected chi connectivity index (χ1v) is 16.3. The number of hydrogen-bond donors (Lipinski definition) is 1. The zero-order valence-electron chi connectivity index (χ0n) is 23.7. The molecular weight excluding hydrogens is 622 g/mol. The molecule has 6 rings (SSSR count). The number of halogens is 1. The standard InChI is InChI=1S/C32H28ClN3O6S2/c1-2-3-13-40-23-6-4-5-20(16-23)27-26(28(37)21-9-12-24-25(17-21)42-15-14-41-24)29(38)30(39)36(27)31-34-35-32(44-31)43-18-19-7-10-22(33)11-8-19/h4-12,16-17,27,37H,2-3,13-15,18H2,1H3/t27-/m0/s1. The molecule has 0 aliphatic carbocycles. The van der Waals surface area contributed by atoms with Crippen molar-refractivity contribution in [3.8, 4) is 17.2 Å². The molecule has 4 aromatic rings. The third-order valence-corrected chi connectivity index (χ3v) is 9.46. The molecule has 2 aliphatic heterocycles. The zero-order chi connectivity index (χ0) is 30.6. The molecule has 0 saturated carbocycles. The predicted molar refractivity (Wildman–Crippen MR) is 170 cm³/mol. The van der Waals surface area contributed by atoms with Gasteiger partial charge in [0.1, 0.15) is 24.7 Å². The monoisotopic (exact) mass is 649 g/mol. The molecule has 0 unspecified atom stereocenters. The number of anilines is 1. The maximum absolute atomic E-state index is 13.7. The fraction of sp³-hybridized carbons (Fsp3) is 0.250. The first-order valence-electron chi connectivity index (χ1n) is 14.1. The van der Waals surface area contributed by atoms with Gasteiger partial charge in [-0.25, -0.2) is 0 Å². The number of benzene rings is 3. The molecule has 1 fully saturated rings. The van der Waals surface area contributed by atoms with E-state index in [1.54, 1.807) is 36.4 Å². The number of Topliss-reactive ketones (excluding diaryl/α,β-unsaturated/α-hetero) is 1. The Morgan fingerprint density at radius 3 is 2.66 bits per heavy atom. The van der Waals surface area contributed by atoms with Gasteiger partial charge in [-0.1, -0.05) is 72.3 Å². The van der Waals surface area contributed by atoms with Gasteiger partial charge in [0.05, 0.1) is 18.2 Å². The maximum atomic E-state index is 13.7. The number of carbonyl (C=O) groups is 2. The van der Waals surface area contributed by atoms with Crippen LogP contribution >= 0.6 is 34.7 Å². The smallest absolute Gasteiger partial charge is 0.301 e. The van der Waals surface area contributed by atoms with E-state index in [0.717, 1.165) is 18.4 Å². The number of hydrogen-bond acceptors (Lipinski definition) is 10. The first kappa shape index (κ1) is 30.0. The van der Waals surface area contributed by atoms with Crippen LogP contribution in [0.25, 0.3) is 5.76 Å². The average Bonchev–Trinajstić information content (AvgIpc) is 3.62. The van der Waals surface area contributed by atoms with Crippen LogP contribution in [-0.2, 0) is 15.3 Å². The van der Waals surface area contributed by atoms with Crippen LogP contribution in [0.1, 0.15) is 42.5 Å². The van der Waals surface area contributed by atoms with Crippen molar-refractivity contribution in [2.75, 3.05) is 24.7 Å². The van der Waals surface area contributed by atoms with E-state index < -0.39 is 17.7 Å². The van der Waals surface area contributed by atoms with E-state index in [9.17, 15) is 14.7 Å². The second-order valence-corrected chi connectivity index (χ2v) is 12.7. The number of ether oxygens (including phenoxy) is 3. The number of unbranched alkanes of at least 4 members (excludes halogenated alkanes) is 1. The molecule has 1 aromatic heterocycles. The summed E-state index contributed by atoms with van der Waals surface area (Å²) < 4.78 is 17.9. The van der Waals surface area contributed by atoms with Gasteiger partial charge in [-0.3, -0.25) is 14.5 Å². The van der Waals surface area contributed by atoms with Crippen molar-refractivity contribution < 1.29 is 28.9 Å². The summed E-state index contributed by atoms with van der Waals surface area (Å²) in [4.78, 5) is 28.6. The van der Waals surface area contributed by atoms with Gasteiger partial charge in [0.15, 0.2) is 15.8 Å². The first-order chi connectivity index (χ1) is 21.4. The Kier molecular flexibility index (Phi) is 9.06. The topological polar surface area (TPSA) is 111 Å². The number of ketones is 1. The Balaban J connectivity index is 1.38. The number of rotatable bonds is 10. The molecular formula is C32H28ClN3O6S2. The van der Waals surface area contributed by atoms with Crippen molar-refractivity contribution in [2.24, 2.45) is 0 Å². The normalized spacial score (nSPS) is 17.2.